The van der Waals surface area contributed by atoms with Gasteiger partial charge in [0.15, 0.2) is 0 Å². The fraction of sp³-hybridized carbons (Fsp3) is 0.500. The van der Waals surface area contributed by atoms with E-state index in [4.69, 9.17) is 5.73 Å². The largest absolute Gasteiger partial charge is 0.323 e. The molecule has 1 unspecified atom stereocenters. The third kappa shape index (κ3) is 2.60. The van der Waals surface area contributed by atoms with E-state index in [1.807, 2.05) is 11.3 Å². The molecule has 0 aliphatic carbocycles. The summed E-state index contributed by atoms with van der Waals surface area (Å²) >= 11 is 3.65. The zero-order valence-electron chi connectivity index (χ0n) is 9.19. The minimum atomic E-state index is 0.233. The third-order valence-corrected chi connectivity index (χ3v) is 4.80. The van der Waals surface area contributed by atoms with Crippen molar-refractivity contribution in [1.82, 2.24) is 0 Å². The maximum absolute atomic E-state index is 6.18. The van der Waals surface area contributed by atoms with E-state index in [0.29, 0.717) is 0 Å². The molecule has 0 amide bonds. The average molecular weight is 239 g/mol. The fourth-order valence-electron chi connectivity index (χ4n) is 1.62. The summed E-state index contributed by atoms with van der Waals surface area (Å²) in [5, 5.41) is 2.14. The lowest BCUT2D eigenvalue weighted by Gasteiger charge is -2.10. The molecule has 0 spiro atoms. The van der Waals surface area contributed by atoms with Gasteiger partial charge in [0, 0.05) is 20.3 Å². The molecule has 0 aromatic carbocycles. The summed E-state index contributed by atoms with van der Waals surface area (Å²) < 4.78 is 2.77. The molecule has 1 atom stereocenters. The van der Waals surface area contributed by atoms with Crippen molar-refractivity contribution in [2.45, 2.75) is 32.7 Å². The van der Waals surface area contributed by atoms with E-state index >= 15 is 0 Å². The summed E-state index contributed by atoms with van der Waals surface area (Å²) in [5.74, 6) is 0.747. The van der Waals surface area contributed by atoms with Crippen molar-refractivity contribution in [3.63, 3.8) is 0 Å². The first-order valence-electron chi connectivity index (χ1n) is 5.39. The maximum atomic E-state index is 6.18. The highest BCUT2D eigenvalue weighted by atomic mass is 32.1. The van der Waals surface area contributed by atoms with Gasteiger partial charge >= 0.3 is 0 Å². The zero-order valence-corrected chi connectivity index (χ0v) is 10.8. The molecule has 2 aromatic heterocycles. The lowest BCUT2D eigenvalue weighted by molar-refractivity contribution is 0.511. The summed E-state index contributed by atoms with van der Waals surface area (Å²) in [7, 11) is 0. The molecule has 0 radical (unpaired) electrons. The van der Waals surface area contributed by atoms with Crippen LogP contribution in [0.2, 0.25) is 0 Å². The Morgan fingerprint density at radius 2 is 2.07 bits per heavy atom. The van der Waals surface area contributed by atoms with Crippen molar-refractivity contribution in [2.24, 2.45) is 11.7 Å². The minimum absolute atomic E-state index is 0.233. The second-order valence-electron chi connectivity index (χ2n) is 4.38. The molecule has 2 aromatic rings. The van der Waals surface area contributed by atoms with Gasteiger partial charge in [0.1, 0.15) is 0 Å². The van der Waals surface area contributed by atoms with Crippen LogP contribution >= 0.6 is 22.7 Å². The smallest absolute Gasteiger partial charge is 0.0454 e. The molecule has 15 heavy (non-hydrogen) atoms. The van der Waals surface area contributed by atoms with Crippen LogP contribution in [-0.4, -0.2) is 0 Å². The van der Waals surface area contributed by atoms with Gasteiger partial charge < -0.3 is 5.73 Å². The van der Waals surface area contributed by atoms with Crippen LogP contribution in [0.5, 0.6) is 0 Å². The van der Waals surface area contributed by atoms with Crippen molar-refractivity contribution in [3.8, 4) is 0 Å². The van der Waals surface area contributed by atoms with Crippen LogP contribution in [-0.2, 0) is 0 Å². The number of nitrogens with two attached hydrogens (primary N) is 1. The van der Waals surface area contributed by atoms with Crippen molar-refractivity contribution in [3.05, 3.63) is 22.4 Å². The Kier molecular flexibility index (Phi) is 3.44. The minimum Gasteiger partial charge on any atom is -0.323 e. The highest BCUT2D eigenvalue weighted by Crippen LogP contribution is 2.34. The normalized spacial score (nSPS) is 13.9. The molecular weight excluding hydrogens is 222 g/mol. The molecule has 0 fully saturated rings. The van der Waals surface area contributed by atoms with Crippen LogP contribution in [0.25, 0.3) is 9.40 Å². The van der Waals surface area contributed by atoms with Gasteiger partial charge in [0.2, 0.25) is 0 Å². The lowest BCUT2D eigenvalue weighted by Crippen LogP contribution is -2.09. The first-order valence-corrected chi connectivity index (χ1v) is 7.09. The molecule has 82 valence electrons. The Labute approximate surface area is 98.9 Å². The van der Waals surface area contributed by atoms with Crippen LogP contribution < -0.4 is 5.73 Å². The molecule has 0 saturated carbocycles. The van der Waals surface area contributed by atoms with E-state index in [1.165, 1.54) is 20.7 Å². The molecule has 2 N–H and O–H groups in total. The molecule has 2 heterocycles. The van der Waals surface area contributed by atoms with Gasteiger partial charge in [-0.2, -0.15) is 0 Å². The molecule has 0 bridgehead atoms. The summed E-state index contributed by atoms with van der Waals surface area (Å²) in [5.41, 5.74) is 6.18. The Bertz CT molecular complexity index is 399. The van der Waals surface area contributed by atoms with E-state index in [9.17, 15) is 0 Å². The molecule has 0 saturated heterocycles. The van der Waals surface area contributed by atoms with Gasteiger partial charge in [-0.05, 0) is 36.3 Å². The van der Waals surface area contributed by atoms with Crippen molar-refractivity contribution in [2.75, 3.05) is 0 Å². The van der Waals surface area contributed by atoms with E-state index < -0.39 is 0 Å². The van der Waals surface area contributed by atoms with Gasteiger partial charge in [-0.15, -0.1) is 22.7 Å². The predicted octanol–water partition coefficient (Wildman–Crippen LogP) is 4.40. The highest BCUT2D eigenvalue weighted by Gasteiger charge is 2.11. The summed E-state index contributed by atoms with van der Waals surface area (Å²) in [6, 6.07) is 4.68. The van der Waals surface area contributed by atoms with E-state index in [2.05, 4.69) is 31.4 Å². The first-order chi connectivity index (χ1) is 7.16. The van der Waals surface area contributed by atoms with Gasteiger partial charge in [-0.3, -0.25) is 0 Å². The van der Waals surface area contributed by atoms with Gasteiger partial charge in [0.05, 0.1) is 0 Å². The van der Waals surface area contributed by atoms with Crippen LogP contribution in [0.3, 0.4) is 0 Å². The molecule has 1 nitrogen and oxygen atoms in total. The van der Waals surface area contributed by atoms with E-state index in [1.54, 1.807) is 11.3 Å². The van der Waals surface area contributed by atoms with Crippen molar-refractivity contribution in [1.29, 1.82) is 0 Å². The maximum Gasteiger partial charge on any atom is 0.0454 e. The van der Waals surface area contributed by atoms with Crippen LogP contribution in [0, 0.1) is 5.92 Å². The summed E-state index contributed by atoms with van der Waals surface area (Å²) in [6.45, 7) is 4.50. The Hall–Kier alpha value is -0.380. The standard InChI is InChI=1S/C12H17NS2/c1-8(2)3-4-9(13)11-7-12-10(15-11)5-6-14-12/h5-9H,3-4,13H2,1-2H3. The Morgan fingerprint density at radius 1 is 1.27 bits per heavy atom. The molecule has 3 heteroatoms. The average Bonchev–Trinajstić information content (AvgIpc) is 2.72. The van der Waals surface area contributed by atoms with Crippen LogP contribution in [0.15, 0.2) is 17.5 Å². The van der Waals surface area contributed by atoms with Gasteiger partial charge in [-0.1, -0.05) is 13.8 Å². The summed E-state index contributed by atoms with van der Waals surface area (Å²) in [4.78, 5) is 1.34. The van der Waals surface area contributed by atoms with E-state index in [-0.39, 0.29) is 6.04 Å². The molecule has 2 rings (SSSR count). The second-order valence-corrected chi connectivity index (χ2v) is 6.44. The number of fused-ring (bicyclic) bond motifs is 1. The van der Waals surface area contributed by atoms with Crippen LogP contribution in [0.4, 0.5) is 0 Å². The Morgan fingerprint density at radius 3 is 2.73 bits per heavy atom. The molecule has 0 aliphatic rings. The lowest BCUT2D eigenvalue weighted by atomic mass is 10.0. The SMILES string of the molecule is CC(C)CCC(N)c1cc2sccc2s1. The monoisotopic (exact) mass is 239 g/mol. The second kappa shape index (κ2) is 4.64. The van der Waals surface area contributed by atoms with E-state index in [0.717, 1.165) is 12.3 Å². The topological polar surface area (TPSA) is 26.0 Å². The van der Waals surface area contributed by atoms with Crippen LogP contribution in [0.1, 0.15) is 37.6 Å². The fourth-order valence-corrected chi connectivity index (χ4v) is 3.78. The zero-order chi connectivity index (χ0) is 10.8. The Balaban J connectivity index is 2.06. The molecule has 0 aliphatic heterocycles. The van der Waals surface area contributed by atoms with Crippen molar-refractivity contribution < 1.29 is 0 Å². The predicted molar refractivity (Wildman–Crippen MR) is 70.7 cm³/mol. The van der Waals surface area contributed by atoms with Gasteiger partial charge in [-0.25, -0.2) is 0 Å². The van der Waals surface area contributed by atoms with Gasteiger partial charge in [0.25, 0.3) is 0 Å². The third-order valence-electron chi connectivity index (χ3n) is 2.58. The summed E-state index contributed by atoms with van der Waals surface area (Å²) in [6.07, 6.45) is 2.32. The quantitative estimate of drug-likeness (QED) is 0.841. The number of hydrogen-bond donors (Lipinski definition) is 1. The number of hydrogen-bond acceptors (Lipinski definition) is 3. The number of rotatable bonds is 4. The van der Waals surface area contributed by atoms with Crippen molar-refractivity contribution >= 4 is 32.1 Å². The first kappa shape index (κ1) is 11.1. The highest BCUT2D eigenvalue weighted by molar-refractivity contribution is 7.26. The number of thiophene rings is 2. The molecular formula is C12H17NS2.